The van der Waals surface area contributed by atoms with Crippen LogP contribution in [-0.4, -0.2) is 49.6 Å². The topological polar surface area (TPSA) is 33.7 Å². The van der Waals surface area contributed by atoms with E-state index in [4.69, 9.17) is 9.47 Å². The molecule has 0 aromatic rings. The van der Waals surface area contributed by atoms with E-state index < -0.39 is 0 Å². The molecule has 3 heterocycles. The van der Waals surface area contributed by atoms with Crippen LogP contribution in [0.3, 0.4) is 0 Å². The number of hydrogen-bond acceptors (Lipinski definition) is 4. The third-order valence-corrected chi connectivity index (χ3v) is 3.15. The van der Waals surface area contributed by atoms with Gasteiger partial charge in [-0.1, -0.05) is 0 Å². The lowest BCUT2D eigenvalue weighted by molar-refractivity contribution is -0.280. The zero-order valence-corrected chi connectivity index (χ0v) is 6.54. The van der Waals surface area contributed by atoms with E-state index in [9.17, 15) is 0 Å². The van der Waals surface area contributed by atoms with Crippen LogP contribution in [0.15, 0.2) is 0 Å². The molecule has 3 fully saturated rings. The quantitative estimate of drug-likeness (QED) is 0.526. The van der Waals surface area contributed by atoms with Gasteiger partial charge in [0.25, 0.3) is 0 Å². The predicted molar refractivity (Wildman–Crippen MR) is 38.0 cm³/mol. The minimum absolute atomic E-state index is 0.0863. The first-order valence-electron chi connectivity index (χ1n) is 4.06. The second-order valence-corrected chi connectivity index (χ2v) is 3.46. The van der Waals surface area contributed by atoms with E-state index in [0.29, 0.717) is 12.1 Å². The van der Waals surface area contributed by atoms with E-state index in [2.05, 4.69) is 10.4 Å². The summed E-state index contributed by atoms with van der Waals surface area (Å²) in [7, 11) is 1.94. The van der Waals surface area contributed by atoms with Gasteiger partial charge in [-0.05, 0) is 7.05 Å². The van der Waals surface area contributed by atoms with Gasteiger partial charge in [0, 0.05) is 6.54 Å². The highest BCUT2D eigenvalue weighted by molar-refractivity contribution is 5.18. The Morgan fingerprint density at radius 2 is 2.45 bits per heavy atom. The number of nitrogens with one attached hydrogen (secondary N) is 1. The van der Waals surface area contributed by atoms with E-state index in [0.717, 1.165) is 19.8 Å². The summed E-state index contributed by atoms with van der Waals surface area (Å²) in [6, 6.07) is 0.464. The number of hydrazine groups is 1. The van der Waals surface area contributed by atoms with Crippen molar-refractivity contribution in [2.75, 3.05) is 26.8 Å². The Morgan fingerprint density at radius 1 is 1.55 bits per heavy atom. The van der Waals surface area contributed by atoms with E-state index in [1.807, 2.05) is 7.05 Å². The van der Waals surface area contributed by atoms with Crippen molar-refractivity contribution in [3.05, 3.63) is 0 Å². The highest BCUT2D eigenvalue weighted by atomic mass is 16.6. The Labute approximate surface area is 65.4 Å². The molecule has 1 spiro atoms. The number of hydrogen-bond donors (Lipinski definition) is 1. The molecule has 0 aromatic carbocycles. The molecule has 62 valence electrons. The van der Waals surface area contributed by atoms with Crippen molar-refractivity contribution in [1.82, 2.24) is 10.4 Å². The molecule has 3 aliphatic rings. The third-order valence-electron chi connectivity index (χ3n) is 3.15. The van der Waals surface area contributed by atoms with Gasteiger partial charge in [-0.2, -0.15) is 0 Å². The molecule has 0 aromatic heterocycles. The number of nitrogens with zero attached hydrogens (tertiary/aromatic N) is 1. The summed E-state index contributed by atoms with van der Waals surface area (Å²) in [4.78, 5) is 0. The molecule has 1 N–H and O–H groups in total. The lowest BCUT2D eigenvalue weighted by Crippen LogP contribution is -2.80. The van der Waals surface area contributed by atoms with Crippen LogP contribution in [-0.2, 0) is 9.47 Å². The van der Waals surface area contributed by atoms with Gasteiger partial charge in [0.2, 0.25) is 0 Å². The second-order valence-electron chi connectivity index (χ2n) is 3.46. The average Bonchev–Trinajstić information content (AvgIpc) is 2.10. The van der Waals surface area contributed by atoms with Gasteiger partial charge in [0.05, 0.1) is 19.3 Å². The van der Waals surface area contributed by atoms with Crippen LogP contribution in [0.5, 0.6) is 0 Å². The highest BCUT2D eigenvalue weighted by Gasteiger charge is 2.68. The Kier molecular flexibility index (Phi) is 1.02. The summed E-state index contributed by atoms with van der Waals surface area (Å²) in [6.07, 6.45) is 0.386. The van der Waals surface area contributed by atoms with Crippen LogP contribution in [0.1, 0.15) is 0 Å². The third kappa shape index (κ3) is 0.528. The van der Waals surface area contributed by atoms with Crippen LogP contribution in [0.2, 0.25) is 0 Å². The first-order valence-corrected chi connectivity index (χ1v) is 4.06. The lowest BCUT2D eigenvalue weighted by atomic mass is 9.79. The minimum Gasteiger partial charge on any atom is -0.371 e. The van der Waals surface area contributed by atoms with Crippen molar-refractivity contribution >= 4 is 0 Å². The van der Waals surface area contributed by atoms with E-state index in [1.165, 1.54) is 0 Å². The number of ether oxygens (including phenoxy) is 2. The number of rotatable bonds is 1. The maximum atomic E-state index is 5.57. The standard InChI is InChI=1S/C7H12N2O2/c1-8-9-4-7-5(9)2-10-6(7)3-11-7/h5-6,8H,2-4H2,1H3. The molecule has 0 aliphatic carbocycles. The van der Waals surface area contributed by atoms with E-state index in [1.54, 1.807) is 0 Å². The molecule has 4 heteroatoms. The van der Waals surface area contributed by atoms with Gasteiger partial charge >= 0.3 is 0 Å². The van der Waals surface area contributed by atoms with Gasteiger partial charge < -0.3 is 9.47 Å². The molecule has 4 nitrogen and oxygen atoms in total. The molecule has 3 unspecified atom stereocenters. The van der Waals surface area contributed by atoms with Crippen LogP contribution in [0, 0.1) is 0 Å². The van der Waals surface area contributed by atoms with E-state index >= 15 is 0 Å². The fourth-order valence-corrected chi connectivity index (χ4v) is 2.32. The van der Waals surface area contributed by atoms with Crippen molar-refractivity contribution in [2.45, 2.75) is 17.7 Å². The summed E-state index contributed by atoms with van der Waals surface area (Å²) in [5.41, 5.74) is 3.21. The summed E-state index contributed by atoms with van der Waals surface area (Å²) in [6.45, 7) is 2.61. The maximum Gasteiger partial charge on any atom is 0.130 e. The maximum absolute atomic E-state index is 5.57. The second kappa shape index (κ2) is 1.77. The lowest BCUT2D eigenvalue weighted by Gasteiger charge is -2.58. The Bertz CT molecular complexity index is 199. The summed E-state index contributed by atoms with van der Waals surface area (Å²) >= 11 is 0. The highest BCUT2D eigenvalue weighted by Crippen LogP contribution is 2.47. The van der Waals surface area contributed by atoms with Gasteiger partial charge in [-0.15, -0.1) is 0 Å². The van der Waals surface area contributed by atoms with Gasteiger partial charge in [0.1, 0.15) is 11.7 Å². The molecular weight excluding hydrogens is 144 g/mol. The molecule has 0 amide bonds. The average molecular weight is 156 g/mol. The van der Waals surface area contributed by atoms with Gasteiger partial charge in [0.15, 0.2) is 0 Å². The molecule has 0 radical (unpaired) electrons. The molecule has 3 saturated heterocycles. The first kappa shape index (κ1) is 6.37. The monoisotopic (exact) mass is 156 g/mol. The minimum atomic E-state index is 0.0863. The van der Waals surface area contributed by atoms with Crippen molar-refractivity contribution in [3.8, 4) is 0 Å². The first-order chi connectivity index (χ1) is 5.37. The molecule has 0 saturated carbocycles. The van der Waals surface area contributed by atoms with E-state index in [-0.39, 0.29) is 5.60 Å². The molecule has 3 atom stereocenters. The summed E-state index contributed by atoms with van der Waals surface area (Å²) in [5, 5.41) is 2.18. The van der Waals surface area contributed by atoms with Gasteiger partial charge in [-0.25, -0.2) is 5.01 Å². The zero-order valence-electron chi connectivity index (χ0n) is 6.54. The molecule has 11 heavy (non-hydrogen) atoms. The van der Waals surface area contributed by atoms with Crippen LogP contribution < -0.4 is 5.43 Å². The largest absolute Gasteiger partial charge is 0.371 e. The predicted octanol–water partition coefficient (Wildman–Crippen LogP) is -1.03. The van der Waals surface area contributed by atoms with Crippen molar-refractivity contribution < 1.29 is 9.47 Å². The molecule has 3 rings (SSSR count). The van der Waals surface area contributed by atoms with Crippen molar-refractivity contribution in [3.63, 3.8) is 0 Å². The normalized spacial score (nSPS) is 54.3. The van der Waals surface area contributed by atoms with Crippen molar-refractivity contribution in [1.29, 1.82) is 0 Å². The smallest absolute Gasteiger partial charge is 0.130 e. The summed E-state index contributed by atoms with van der Waals surface area (Å²) < 4.78 is 11.1. The Balaban J connectivity index is 1.82. The van der Waals surface area contributed by atoms with Gasteiger partial charge in [-0.3, -0.25) is 5.43 Å². The van der Waals surface area contributed by atoms with Crippen molar-refractivity contribution in [2.24, 2.45) is 0 Å². The SMILES string of the molecule is CNN1CC23OCC2OCC13. The fraction of sp³-hybridized carbons (Fsp3) is 1.00. The Morgan fingerprint density at radius 3 is 3.09 bits per heavy atom. The Hall–Kier alpha value is -0.160. The van der Waals surface area contributed by atoms with Crippen LogP contribution in [0.25, 0.3) is 0 Å². The summed E-state index contributed by atoms with van der Waals surface area (Å²) in [5.74, 6) is 0. The molecule has 0 bridgehead atoms. The van der Waals surface area contributed by atoms with Crippen LogP contribution >= 0.6 is 0 Å². The zero-order chi connectivity index (χ0) is 7.47. The molecular formula is C7H12N2O2. The fourth-order valence-electron chi connectivity index (χ4n) is 2.32. The van der Waals surface area contributed by atoms with Crippen LogP contribution in [0.4, 0.5) is 0 Å². The molecule has 3 aliphatic heterocycles.